The number of hydrogen-bond acceptors (Lipinski definition) is 6. The van der Waals surface area contributed by atoms with Gasteiger partial charge in [-0.15, -0.1) is 0 Å². The zero-order valence-electron chi connectivity index (χ0n) is 10.4. The number of hydrogen-bond donors (Lipinski definition) is 0. The fraction of sp³-hybridized carbons (Fsp3) is 0.0909. The molecule has 1 aliphatic heterocycles. The minimum absolute atomic E-state index is 0.00948. The minimum Gasteiger partial charge on any atom is -0.305 e. The van der Waals surface area contributed by atoms with E-state index >= 15 is 0 Å². The van der Waals surface area contributed by atoms with Crippen molar-refractivity contribution in [2.45, 2.75) is 0 Å². The second kappa shape index (κ2) is 4.09. The summed E-state index contributed by atoms with van der Waals surface area (Å²) in [7, 11) is 1.35. The van der Waals surface area contributed by atoms with Crippen LogP contribution in [0.3, 0.4) is 0 Å². The summed E-state index contributed by atoms with van der Waals surface area (Å²) in [4.78, 5) is 37.7. The third-order valence-corrected chi connectivity index (χ3v) is 3.44. The number of carbonyl (C=O) groups excluding carboxylic acids is 1. The molecule has 21 heavy (non-hydrogen) atoms. The molecule has 1 aliphatic rings. The van der Waals surface area contributed by atoms with Crippen molar-refractivity contribution in [3.05, 3.63) is 43.1 Å². The number of pyridine rings is 1. The number of non-ortho nitro benzene ring substituents is 1. The second-order valence-corrected chi connectivity index (χ2v) is 4.75. The molecule has 0 saturated carbocycles. The molecule has 3 rings (SSSR count). The van der Waals surface area contributed by atoms with Gasteiger partial charge in [-0.3, -0.25) is 25.0 Å². The lowest BCUT2D eigenvalue weighted by Crippen LogP contribution is -2.21. The highest BCUT2D eigenvalue weighted by Gasteiger charge is 2.38. The van der Waals surface area contributed by atoms with Gasteiger partial charge in [0.15, 0.2) is 5.52 Å². The average molecular weight is 309 g/mol. The summed E-state index contributed by atoms with van der Waals surface area (Å²) in [5.41, 5.74) is -1.17. The highest BCUT2D eigenvalue weighted by Crippen LogP contribution is 2.46. The molecule has 2 heterocycles. The van der Waals surface area contributed by atoms with Crippen LogP contribution in [-0.4, -0.2) is 27.8 Å². The van der Waals surface area contributed by atoms with Crippen LogP contribution < -0.4 is 4.90 Å². The average Bonchev–Trinajstić information content (AvgIpc) is 2.65. The van der Waals surface area contributed by atoms with Crippen LogP contribution >= 0.6 is 11.6 Å². The van der Waals surface area contributed by atoms with E-state index < -0.39 is 27.1 Å². The summed E-state index contributed by atoms with van der Waals surface area (Å²) in [6.07, 6.45) is 0. The third kappa shape index (κ3) is 1.64. The van der Waals surface area contributed by atoms with Crippen molar-refractivity contribution in [3.63, 3.8) is 0 Å². The molecule has 10 heteroatoms. The first-order chi connectivity index (χ1) is 9.82. The van der Waals surface area contributed by atoms with E-state index in [0.29, 0.717) is 0 Å². The molecule has 0 spiro atoms. The normalized spacial score (nSPS) is 13.0. The molecule has 0 atom stereocenters. The summed E-state index contributed by atoms with van der Waals surface area (Å²) < 4.78 is 0. The van der Waals surface area contributed by atoms with Gasteiger partial charge in [-0.2, -0.15) is 0 Å². The maximum absolute atomic E-state index is 12.1. The highest BCUT2D eigenvalue weighted by molar-refractivity contribution is 6.33. The second-order valence-electron chi connectivity index (χ2n) is 4.36. The Labute approximate surface area is 121 Å². The molecule has 0 saturated heterocycles. The van der Waals surface area contributed by atoms with E-state index in [0.717, 1.165) is 11.0 Å². The summed E-state index contributed by atoms with van der Waals surface area (Å²) >= 11 is 5.78. The number of carbonyl (C=O) groups is 1. The first kappa shape index (κ1) is 13.2. The van der Waals surface area contributed by atoms with E-state index in [-0.39, 0.29) is 27.3 Å². The Hall–Kier alpha value is -2.81. The molecule has 1 aromatic heterocycles. The Morgan fingerprint density at radius 1 is 1.19 bits per heavy atom. The first-order valence-corrected chi connectivity index (χ1v) is 5.94. The van der Waals surface area contributed by atoms with Gasteiger partial charge >= 0.3 is 11.4 Å². The van der Waals surface area contributed by atoms with Crippen LogP contribution in [-0.2, 0) is 0 Å². The molecular formula is C11H5ClN4O5. The first-order valence-electron chi connectivity index (χ1n) is 5.57. The molecule has 0 radical (unpaired) electrons. The quantitative estimate of drug-likeness (QED) is 0.477. The van der Waals surface area contributed by atoms with E-state index in [2.05, 4.69) is 4.98 Å². The maximum atomic E-state index is 12.1. The van der Waals surface area contributed by atoms with E-state index in [1.165, 1.54) is 13.1 Å². The maximum Gasteiger partial charge on any atom is 0.302 e. The number of aromatic nitrogens is 1. The van der Waals surface area contributed by atoms with Gasteiger partial charge < -0.3 is 4.90 Å². The molecule has 0 aliphatic carbocycles. The lowest BCUT2D eigenvalue weighted by atomic mass is 10.1. The van der Waals surface area contributed by atoms with Gasteiger partial charge in [0, 0.05) is 7.05 Å². The number of nitrogens with zero attached hydrogens (tertiary/aromatic N) is 4. The fourth-order valence-corrected chi connectivity index (χ4v) is 2.60. The standard InChI is InChI=1S/C11H5ClN4O5/c1-14-10-6(16(20)21)3-5(15(18)19)9-8(10)4(11(14)17)2-7(12)13-9/h2-3H,1H3. The van der Waals surface area contributed by atoms with Crippen LogP contribution in [0.5, 0.6) is 0 Å². The van der Waals surface area contributed by atoms with Crippen molar-refractivity contribution in [2.75, 3.05) is 11.9 Å². The number of nitro benzene ring substituents is 2. The smallest absolute Gasteiger partial charge is 0.302 e. The topological polar surface area (TPSA) is 119 Å². The van der Waals surface area contributed by atoms with Gasteiger partial charge in [0.1, 0.15) is 10.8 Å². The number of rotatable bonds is 2. The molecule has 0 fully saturated rings. The minimum atomic E-state index is -0.790. The van der Waals surface area contributed by atoms with Gasteiger partial charge in [-0.1, -0.05) is 11.6 Å². The molecule has 1 amide bonds. The van der Waals surface area contributed by atoms with Crippen molar-refractivity contribution < 1.29 is 14.6 Å². The monoisotopic (exact) mass is 308 g/mol. The number of benzene rings is 1. The lowest BCUT2D eigenvalue weighted by molar-refractivity contribution is -0.392. The van der Waals surface area contributed by atoms with Crippen molar-refractivity contribution in [1.82, 2.24) is 4.98 Å². The van der Waals surface area contributed by atoms with E-state index in [9.17, 15) is 25.0 Å². The van der Waals surface area contributed by atoms with Gasteiger partial charge in [-0.25, -0.2) is 4.98 Å². The predicted molar refractivity (Wildman–Crippen MR) is 72.8 cm³/mol. The van der Waals surface area contributed by atoms with Crippen LogP contribution in [0.2, 0.25) is 5.15 Å². The molecule has 0 bridgehead atoms. The predicted octanol–water partition coefficient (Wildman–Crippen LogP) is 2.29. The number of amides is 1. The SMILES string of the molecule is CN1C(=O)c2cc(Cl)nc3c([N+](=O)[O-])cc([N+](=O)[O-])c1c23. The summed E-state index contributed by atoms with van der Waals surface area (Å²) in [5.74, 6) is -0.525. The Kier molecular flexibility index (Phi) is 2.57. The van der Waals surface area contributed by atoms with Crippen LogP contribution in [0, 0.1) is 20.2 Å². The van der Waals surface area contributed by atoms with Crippen molar-refractivity contribution in [1.29, 1.82) is 0 Å². The Balaban J connectivity index is 2.60. The molecule has 9 nitrogen and oxygen atoms in total. The van der Waals surface area contributed by atoms with Gasteiger partial charge in [0.25, 0.3) is 5.91 Å². The highest BCUT2D eigenvalue weighted by atomic mass is 35.5. The third-order valence-electron chi connectivity index (χ3n) is 3.25. The Bertz CT molecular complexity index is 866. The number of nitro groups is 2. The van der Waals surface area contributed by atoms with Crippen LogP contribution in [0.15, 0.2) is 12.1 Å². The number of anilines is 1. The van der Waals surface area contributed by atoms with E-state index in [1.807, 2.05) is 0 Å². The molecule has 2 aromatic rings. The summed E-state index contributed by atoms with van der Waals surface area (Å²) in [5, 5.41) is 22.2. The van der Waals surface area contributed by atoms with Gasteiger partial charge in [0.05, 0.1) is 26.9 Å². The van der Waals surface area contributed by atoms with Crippen molar-refractivity contribution in [2.24, 2.45) is 0 Å². The molecule has 0 N–H and O–H groups in total. The summed E-state index contributed by atoms with van der Waals surface area (Å²) in [6, 6.07) is 2.03. The molecule has 1 aromatic carbocycles. The van der Waals surface area contributed by atoms with E-state index in [1.54, 1.807) is 0 Å². The molecule has 0 unspecified atom stereocenters. The van der Waals surface area contributed by atoms with E-state index in [4.69, 9.17) is 11.6 Å². The molecular weight excluding hydrogens is 304 g/mol. The van der Waals surface area contributed by atoms with Gasteiger partial charge in [0.2, 0.25) is 0 Å². The van der Waals surface area contributed by atoms with Crippen LogP contribution in [0.1, 0.15) is 10.4 Å². The zero-order valence-corrected chi connectivity index (χ0v) is 11.1. The zero-order chi connectivity index (χ0) is 15.5. The van der Waals surface area contributed by atoms with Crippen LogP contribution in [0.4, 0.5) is 17.1 Å². The van der Waals surface area contributed by atoms with Crippen molar-refractivity contribution in [3.8, 4) is 0 Å². The molecule has 106 valence electrons. The number of halogens is 1. The van der Waals surface area contributed by atoms with Crippen LogP contribution in [0.25, 0.3) is 10.9 Å². The Morgan fingerprint density at radius 3 is 2.38 bits per heavy atom. The fourth-order valence-electron chi connectivity index (χ4n) is 2.40. The Morgan fingerprint density at radius 2 is 1.81 bits per heavy atom. The lowest BCUT2D eigenvalue weighted by Gasteiger charge is -2.10. The van der Waals surface area contributed by atoms with Crippen molar-refractivity contribution >= 4 is 45.5 Å². The summed E-state index contributed by atoms with van der Waals surface area (Å²) in [6.45, 7) is 0. The largest absolute Gasteiger partial charge is 0.305 e. The van der Waals surface area contributed by atoms with Gasteiger partial charge in [-0.05, 0) is 6.07 Å².